The van der Waals surface area contributed by atoms with Gasteiger partial charge in [-0.15, -0.1) is 0 Å². The fourth-order valence-corrected chi connectivity index (χ4v) is 4.05. The van der Waals surface area contributed by atoms with Crippen LogP contribution in [0.25, 0.3) is 0 Å². The van der Waals surface area contributed by atoms with Crippen molar-refractivity contribution in [2.75, 3.05) is 24.8 Å². The first-order valence-electron chi connectivity index (χ1n) is 10.5. The molecule has 6 nitrogen and oxygen atoms in total. The number of nitrogens with zero attached hydrogens (tertiary/aromatic N) is 1. The van der Waals surface area contributed by atoms with Crippen LogP contribution in [0.15, 0.2) is 42.5 Å². The summed E-state index contributed by atoms with van der Waals surface area (Å²) in [5.41, 5.74) is 2.86. The molecule has 0 radical (unpaired) electrons. The highest BCUT2D eigenvalue weighted by Gasteiger charge is 2.27. The van der Waals surface area contributed by atoms with Crippen LogP contribution in [0.1, 0.15) is 41.6 Å². The molecule has 0 atom stereocenters. The van der Waals surface area contributed by atoms with Gasteiger partial charge in [0.2, 0.25) is 6.79 Å². The van der Waals surface area contributed by atoms with E-state index in [2.05, 4.69) is 27.7 Å². The van der Waals surface area contributed by atoms with E-state index < -0.39 is 0 Å². The second-order valence-electron chi connectivity index (χ2n) is 8.12. The number of anilines is 1. The molecular weight excluding hydrogens is 366 g/mol. The maximum atomic E-state index is 12.5. The molecule has 1 saturated carbocycles. The molecule has 2 fully saturated rings. The third-order valence-corrected chi connectivity index (χ3v) is 5.93. The van der Waals surface area contributed by atoms with Crippen molar-refractivity contribution in [1.82, 2.24) is 10.6 Å². The highest BCUT2D eigenvalue weighted by Crippen LogP contribution is 2.32. The van der Waals surface area contributed by atoms with E-state index in [-0.39, 0.29) is 12.7 Å². The van der Waals surface area contributed by atoms with Gasteiger partial charge >= 0.3 is 0 Å². The Bertz CT molecular complexity index is 871. The fourth-order valence-electron chi connectivity index (χ4n) is 4.05. The highest BCUT2D eigenvalue weighted by molar-refractivity contribution is 5.94. The van der Waals surface area contributed by atoms with E-state index in [1.165, 1.54) is 31.4 Å². The average Bonchev–Trinajstić information content (AvgIpc) is 3.45. The summed E-state index contributed by atoms with van der Waals surface area (Å²) in [6.07, 6.45) is 5.07. The molecule has 0 spiro atoms. The van der Waals surface area contributed by atoms with Crippen LogP contribution in [0.4, 0.5) is 5.69 Å². The van der Waals surface area contributed by atoms with Gasteiger partial charge in [0.05, 0.1) is 0 Å². The summed E-state index contributed by atoms with van der Waals surface area (Å²) in [7, 11) is 0. The van der Waals surface area contributed by atoms with Gasteiger partial charge in [-0.05, 0) is 67.6 Å². The summed E-state index contributed by atoms with van der Waals surface area (Å²) in [6, 6.07) is 15.1. The molecule has 5 rings (SSSR count). The number of ether oxygens (including phenoxy) is 2. The highest BCUT2D eigenvalue weighted by atomic mass is 16.7. The predicted molar refractivity (Wildman–Crippen MR) is 112 cm³/mol. The van der Waals surface area contributed by atoms with E-state index in [9.17, 15) is 4.79 Å². The van der Waals surface area contributed by atoms with E-state index in [4.69, 9.17) is 9.47 Å². The summed E-state index contributed by atoms with van der Waals surface area (Å²) in [4.78, 5) is 14.9. The molecule has 2 heterocycles. The number of hydrogen-bond donors (Lipinski definition) is 2. The second kappa shape index (κ2) is 7.95. The van der Waals surface area contributed by atoms with Gasteiger partial charge in [0, 0.05) is 43.0 Å². The van der Waals surface area contributed by atoms with Crippen molar-refractivity contribution in [2.24, 2.45) is 0 Å². The van der Waals surface area contributed by atoms with Crippen molar-refractivity contribution >= 4 is 11.6 Å². The largest absolute Gasteiger partial charge is 0.454 e. The molecule has 3 aliphatic rings. The van der Waals surface area contributed by atoms with E-state index in [0.29, 0.717) is 18.2 Å². The first-order chi connectivity index (χ1) is 14.2. The Labute approximate surface area is 171 Å². The Kier molecular flexibility index (Phi) is 5.02. The first-order valence-corrected chi connectivity index (χ1v) is 10.5. The molecule has 1 aliphatic carbocycles. The van der Waals surface area contributed by atoms with Crippen LogP contribution in [0, 0.1) is 0 Å². The van der Waals surface area contributed by atoms with Crippen LogP contribution >= 0.6 is 0 Å². The zero-order valence-corrected chi connectivity index (χ0v) is 16.5. The van der Waals surface area contributed by atoms with Gasteiger partial charge in [-0.2, -0.15) is 0 Å². The number of fused-ring (bicyclic) bond motifs is 1. The Hall–Kier alpha value is -2.73. The summed E-state index contributed by atoms with van der Waals surface area (Å²) in [6.45, 7) is 2.85. The maximum Gasteiger partial charge on any atom is 0.251 e. The Morgan fingerprint density at radius 2 is 1.66 bits per heavy atom. The molecule has 0 bridgehead atoms. The zero-order chi connectivity index (χ0) is 19.6. The van der Waals surface area contributed by atoms with Crippen LogP contribution in [0.3, 0.4) is 0 Å². The second-order valence-corrected chi connectivity index (χ2v) is 8.12. The lowest BCUT2D eigenvalue weighted by molar-refractivity contribution is 0.0951. The molecule has 2 N–H and O–H groups in total. The molecule has 1 saturated heterocycles. The van der Waals surface area contributed by atoms with Gasteiger partial charge < -0.3 is 25.0 Å². The summed E-state index contributed by atoms with van der Waals surface area (Å²) >= 11 is 0. The lowest BCUT2D eigenvalue weighted by Gasteiger charge is -2.34. The number of amides is 1. The van der Waals surface area contributed by atoms with Crippen LogP contribution in [-0.4, -0.2) is 37.9 Å². The predicted octanol–water partition coefficient (Wildman–Crippen LogP) is 3.07. The Morgan fingerprint density at radius 1 is 0.931 bits per heavy atom. The molecule has 152 valence electrons. The lowest BCUT2D eigenvalue weighted by atomic mass is 10.0. The molecular formula is C23H27N3O3. The number of hydrogen-bond acceptors (Lipinski definition) is 5. The van der Waals surface area contributed by atoms with Gasteiger partial charge in [0.1, 0.15) is 0 Å². The number of piperidine rings is 1. The molecule has 2 aromatic carbocycles. The van der Waals surface area contributed by atoms with Gasteiger partial charge in [0.15, 0.2) is 11.5 Å². The Morgan fingerprint density at radius 3 is 2.41 bits per heavy atom. The minimum Gasteiger partial charge on any atom is -0.454 e. The molecule has 0 unspecified atom stereocenters. The fraction of sp³-hybridized carbons (Fsp3) is 0.435. The SMILES string of the molecule is O=C(NCc1ccc2c(c1)OCO2)c1ccc(N2CCC(NC3CC3)CC2)cc1. The number of carbonyl (C=O) groups is 1. The first kappa shape index (κ1) is 18.3. The third-order valence-electron chi connectivity index (χ3n) is 5.93. The van der Waals surface area contributed by atoms with Crippen molar-refractivity contribution in [3.63, 3.8) is 0 Å². The monoisotopic (exact) mass is 393 g/mol. The molecule has 0 aromatic heterocycles. The van der Waals surface area contributed by atoms with Crippen molar-refractivity contribution < 1.29 is 14.3 Å². The topological polar surface area (TPSA) is 62.8 Å². The van der Waals surface area contributed by atoms with Crippen LogP contribution in [-0.2, 0) is 6.54 Å². The number of carbonyl (C=O) groups excluding carboxylic acids is 1. The van der Waals surface area contributed by atoms with Gasteiger partial charge in [-0.25, -0.2) is 0 Å². The van der Waals surface area contributed by atoms with Crippen molar-refractivity contribution in [3.05, 3.63) is 53.6 Å². The normalized spacial score (nSPS) is 18.7. The van der Waals surface area contributed by atoms with Crippen LogP contribution < -0.4 is 25.0 Å². The molecule has 1 amide bonds. The summed E-state index contributed by atoms with van der Waals surface area (Å²) in [5, 5.41) is 6.71. The van der Waals surface area contributed by atoms with Crippen molar-refractivity contribution in [2.45, 2.75) is 44.3 Å². The third kappa shape index (κ3) is 4.32. The van der Waals surface area contributed by atoms with Gasteiger partial charge in [-0.3, -0.25) is 4.79 Å². The Balaban J connectivity index is 1.13. The summed E-state index contributed by atoms with van der Waals surface area (Å²) in [5.74, 6) is 1.42. The van der Waals surface area contributed by atoms with E-state index >= 15 is 0 Å². The van der Waals surface area contributed by atoms with Crippen LogP contribution in [0.2, 0.25) is 0 Å². The van der Waals surface area contributed by atoms with E-state index in [1.807, 2.05) is 30.3 Å². The molecule has 2 aliphatic heterocycles. The number of nitrogens with one attached hydrogen (secondary N) is 2. The smallest absolute Gasteiger partial charge is 0.251 e. The van der Waals surface area contributed by atoms with Crippen molar-refractivity contribution in [1.29, 1.82) is 0 Å². The lowest BCUT2D eigenvalue weighted by Crippen LogP contribution is -2.43. The van der Waals surface area contributed by atoms with Gasteiger partial charge in [0.25, 0.3) is 5.91 Å². The minimum absolute atomic E-state index is 0.0680. The zero-order valence-electron chi connectivity index (χ0n) is 16.5. The molecule has 6 heteroatoms. The molecule has 2 aromatic rings. The van der Waals surface area contributed by atoms with Gasteiger partial charge in [-0.1, -0.05) is 6.07 Å². The number of benzene rings is 2. The average molecular weight is 393 g/mol. The van der Waals surface area contributed by atoms with E-state index in [0.717, 1.165) is 36.2 Å². The summed E-state index contributed by atoms with van der Waals surface area (Å²) < 4.78 is 10.7. The van der Waals surface area contributed by atoms with Crippen LogP contribution in [0.5, 0.6) is 11.5 Å². The maximum absolute atomic E-state index is 12.5. The molecule has 29 heavy (non-hydrogen) atoms. The standard InChI is InChI=1S/C23H27N3O3/c27-23(24-14-16-1-8-21-22(13-16)29-15-28-21)17-2-6-20(7-3-17)26-11-9-19(10-12-26)25-18-4-5-18/h1-3,6-8,13,18-19,25H,4-5,9-12,14-15H2,(H,24,27). The van der Waals surface area contributed by atoms with E-state index in [1.54, 1.807) is 0 Å². The quantitative estimate of drug-likeness (QED) is 0.790. The minimum atomic E-state index is -0.0680. The van der Waals surface area contributed by atoms with Crippen molar-refractivity contribution in [3.8, 4) is 11.5 Å². The number of rotatable bonds is 6.